The van der Waals surface area contributed by atoms with E-state index in [1.807, 2.05) is 14.7 Å². The second-order valence-corrected chi connectivity index (χ2v) is 26.4. The van der Waals surface area contributed by atoms with Crippen LogP contribution in [-0.4, -0.2) is 148 Å². The highest BCUT2D eigenvalue weighted by molar-refractivity contribution is 6.32. The predicted octanol–water partition coefficient (Wildman–Crippen LogP) is 15.0. The van der Waals surface area contributed by atoms with Gasteiger partial charge in [-0.1, -0.05) is 83.2 Å². The van der Waals surface area contributed by atoms with Gasteiger partial charge >= 0.3 is 24.7 Å². The summed E-state index contributed by atoms with van der Waals surface area (Å²) in [7, 11) is 0. The van der Waals surface area contributed by atoms with E-state index in [0.29, 0.717) is 134 Å². The van der Waals surface area contributed by atoms with Gasteiger partial charge in [0, 0.05) is 107 Å². The molecule has 0 bridgehead atoms. The molecule has 104 heavy (non-hydrogen) atoms. The average Bonchev–Trinajstić information content (AvgIpc) is 1.19. The molecule has 20 nitrogen and oxygen atoms in total. The molecule has 0 radical (unpaired) electrons. The fourth-order valence-corrected chi connectivity index (χ4v) is 13.0. The molecule has 8 atom stereocenters. The van der Waals surface area contributed by atoms with Gasteiger partial charge in [-0.25, -0.2) is 15.0 Å². The Morgan fingerprint density at radius 3 is 0.913 bits per heavy atom. The maximum atomic E-state index is 13.0. The molecule has 10 N–H and O–H groups in total. The first-order valence-electron chi connectivity index (χ1n) is 32.5. The molecule has 4 aliphatic rings. The van der Waals surface area contributed by atoms with Gasteiger partial charge in [0.15, 0.2) is 24.4 Å². The van der Waals surface area contributed by atoms with Crippen LogP contribution in [-0.2, 0) is 18.9 Å². The molecule has 7 aromatic rings. The smallest absolute Gasteiger partial charge is 0.381 e. The van der Waals surface area contributed by atoms with E-state index in [-0.39, 0.29) is 80.9 Å². The molecular weight excluding hydrogens is 1480 g/mol. The number of aryl methyl sites for hydroxylation is 3. The van der Waals surface area contributed by atoms with Crippen molar-refractivity contribution in [1.29, 1.82) is 0 Å². The second kappa shape index (κ2) is 36.0. The highest BCUT2D eigenvalue weighted by Crippen LogP contribution is 2.44. The number of alkyl halides is 12. The first-order chi connectivity index (χ1) is 48.9. The number of nitrogens with two attached hydrogens (primary N) is 3. The number of hydrogen-bond donors (Lipinski definition) is 7. The number of benzene rings is 4. The molecule has 8 unspecified atom stereocenters. The zero-order valence-corrected chi connectivity index (χ0v) is 59.0. The van der Waals surface area contributed by atoms with E-state index in [1.54, 1.807) is 39.0 Å². The van der Waals surface area contributed by atoms with Gasteiger partial charge in [0.2, 0.25) is 17.8 Å². The zero-order chi connectivity index (χ0) is 76.2. The Morgan fingerprint density at radius 2 is 0.635 bits per heavy atom. The molecule has 0 saturated carbocycles. The van der Waals surface area contributed by atoms with Crippen LogP contribution < -0.4 is 31.9 Å². The first kappa shape index (κ1) is 82.6. The Balaban J connectivity index is 0.000000177. The van der Waals surface area contributed by atoms with Crippen molar-refractivity contribution in [2.45, 2.75) is 132 Å². The number of hydrogen-bond acceptors (Lipinski definition) is 20. The minimum atomic E-state index is -4.77. The minimum absolute atomic E-state index is 0.0228. The highest BCUT2D eigenvalue weighted by Gasteiger charge is 2.44. The maximum absolute atomic E-state index is 13.0. The van der Waals surface area contributed by atoms with Crippen molar-refractivity contribution < 1.29 is 92.1 Å². The quantitative estimate of drug-likeness (QED) is 0.0593. The van der Waals surface area contributed by atoms with E-state index in [2.05, 4.69) is 29.9 Å². The molecular formula is C68H76Cl4F12N12O8. The maximum Gasteiger partial charge on any atom is 0.418 e. The van der Waals surface area contributed by atoms with Crippen molar-refractivity contribution in [2.24, 2.45) is 0 Å². The number of nitrogens with zero attached hydrogens (tertiary/aromatic N) is 9. The molecule has 0 aliphatic carbocycles. The molecule has 0 spiro atoms. The van der Waals surface area contributed by atoms with Crippen LogP contribution in [0, 0.1) is 20.8 Å². The molecule has 4 saturated heterocycles. The summed E-state index contributed by atoms with van der Waals surface area (Å²) in [6.45, 7) is 10.2. The summed E-state index contributed by atoms with van der Waals surface area (Å²) in [5.74, 6) is 1.91. The van der Waals surface area contributed by atoms with Crippen molar-refractivity contribution in [3.05, 3.63) is 173 Å². The van der Waals surface area contributed by atoms with Crippen molar-refractivity contribution >= 4 is 81.7 Å². The van der Waals surface area contributed by atoms with Crippen LogP contribution >= 0.6 is 46.4 Å². The third-order valence-electron chi connectivity index (χ3n) is 17.0. The van der Waals surface area contributed by atoms with Crippen molar-refractivity contribution in [3.8, 4) is 0 Å². The summed E-state index contributed by atoms with van der Waals surface area (Å²) in [4.78, 5) is 30.6. The number of anilines is 6. The first-order valence-corrected chi connectivity index (χ1v) is 34.0. The predicted molar refractivity (Wildman–Crippen MR) is 367 cm³/mol. The third-order valence-corrected chi connectivity index (χ3v) is 18.4. The lowest BCUT2D eigenvalue weighted by Crippen LogP contribution is -2.32. The van der Waals surface area contributed by atoms with Gasteiger partial charge in [-0.2, -0.15) is 67.6 Å². The van der Waals surface area contributed by atoms with E-state index >= 15 is 0 Å². The largest absolute Gasteiger partial charge is 0.418 e. The number of aliphatic hydroxyl groups excluding tert-OH is 4. The Hall–Kier alpha value is -7.08. The van der Waals surface area contributed by atoms with Crippen molar-refractivity contribution in [3.63, 3.8) is 0 Å². The molecule has 3 aromatic heterocycles. The normalized spacial score (nSPS) is 19.9. The highest BCUT2D eigenvalue weighted by atomic mass is 35.5. The second-order valence-electron chi connectivity index (χ2n) is 24.8. The molecule has 568 valence electrons. The van der Waals surface area contributed by atoms with E-state index in [0.717, 1.165) is 19.3 Å². The fourth-order valence-electron chi connectivity index (χ4n) is 12.0. The van der Waals surface area contributed by atoms with Gasteiger partial charge in [-0.3, -0.25) is 0 Å². The van der Waals surface area contributed by atoms with E-state index in [9.17, 15) is 73.1 Å². The number of nitrogen functional groups attached to an aromatic ring is 3. The van der Waals surface area contributed by atoms with Crippen LogP contribution in [0.5, 0.6) is 0 Å². The lowest BCUT2D eigenvalue weighted by Gasteiger charge is -2.32. The summed E-state index contributed by atoms with van der Waals surface area (Å²) in [5.41, 5.74) is 20.1. The molecule has 4 fully saturated rings. The number of aromatic nitrogens is 6. The molecule has 4 aliphatic heterocycles. The molecule has 36 heteroatoms. The average molecular weight is 1560 g/mol. The van der Waals surface area contributed by atoms with Crippen LogP contribution in [0.15, 0.2) is 91.0 Å². The zero-order valence-electron chi connectivity index (χ0n) is 56.0. The molecule has 0 amide bonds. The Bertz CT molecular complexity index is 3610. The van der Waals surface area contributed by atoms with Gasteiger partial charge in [0.25, 0.3) is 0 Å². The van der Waals surface area contributed by atoms with Crippen LogP contribution in [0.25, 0.3) is 0 Å². The summed E-state index contributed by atoms with van der Waals surface area (Å²) >= 11 is 25.0. The Morgan fingerprint density at radius 1 is 0.375 bits per heavy atom. The number of aliphatic hydroxyl groups is 4. The van der Waals surface area contributed by atoms with Gasteiger partial charge in [-0.05, 0) is 140 Å². The monoisotopic (exact) mass is 1560 g/mol. The van der Waals surface area contributed by atoms with Gasteiger partial charge in [0.05, 0.1) is 44.6 Å². The SMILES string of the molecule is Cc1cc(N2CCCOCC2c2cc(C(O)C(F)(F)F)ccc2Cl)nc(N)n1.Cc1cc(N2CCCOCC2c2cc(C(O)C(F)(F)F)ccc2Cl)nc(N)n1.Cc1cc(N2CCCOCC2c2cc(C(O)C(F)(F)F)ccc2Cl)nc(N)n1.OC(c1ccc(Cl)c(C2CCCCOC2)c1)C(F)(F)F. The molecule has 4 aromatic carbocycles. The van der Waals surface area contributed by atoms with Crippen LogP contribution in [0.2, 0.25) is 20.1 Å². The van der Waals surface area contributed by atoms with Crippen LogP contribution in [0.3, 0.4) is 0 Å². The lowest BCUT2D eigenvalue weighted by atomic mass is 9.92. The number of rotatable bonds is 11. The molecule has 11 rings (SSSR count). The summed E-state index contributed by atoms with van der Waals surface area (Å²) in [6.07, 6.45) is -24.5. The Labute approximate surface area is 610 Å². The van der Waals surface area contributed by atoms with Crippen LogP contribution in [0.1, 0.15) is 149 Å². The van der Waals surface area contributed by atoms with Gasteiger partial charge < -0.3 is 71.3 Å². The van der Waals surface area contributed by atoms with E-state index in [1.165, 1.54) is 72.8 Å². The Kier molecular flexibility index (Phi) is 28.6. The fraction of sp³-hybridized carbons (Fsp3) is 0.471. The molecule has 7 heterocycles. The summed E-state index contributed by atoms with van der Waals surface area (Å²) < 4.78 is 177. The summed E-state index contributed by atoms with van der Waals surface area (Å²) in [6, 6.07) is 19.1. The van der Waals surface area contributed by atoms with Gasteiger partial charge in [0.1, 0.15) is 17.5 Å². The van der Waals surface area contributed by atoms with Gasteiger partial charge in [-0.15, -0.1) is 0 Å². The van der Waals surface area contributed by atoms with E-state index < -0.39 is 67.2 Å². The summed E-state index contributed by atoms with van der Waals surface area (Å²) in [5, 5.41) is 39.5. The minimum Gasteiger partial charge on any atom is -0.381 e. The van der Waals surface area contributed by atoms with E-state index in [4.69, 9.17) is 82.6 Å². The topological polar surface area (TPSA) is 283 Å². The third kappa shape index (κ3) is 22.3. The van der Waals surface area contributed by atoms with Crippen LogP contribution in [0.4, 0.5) is 88.0 Å². The van der Waals surface area contributed by atoms with Crippen molar-refractivity contribution in [2.75, 3.05) is 104 Å². The standard InChI is InChI=1S/3C18H20ClF3N4O2.C14H16ClF3O2/c3*1-10-7-15(25-17(23)24-10)26-5-2-6-28-9-14(26)12-8-11(3-4-13(12)19)16(27)18(20,21)22;15-12-5-4-9(13(19)14(16,17)18)7-11(12)10-3-1-2-6-20-8-10/h3*3-4,7-8,14,16,27H,2,5-6,9H2,1H3,(H2,23,24,25);4-5,7,10,13,19H,1-3,6,8H2. The lowest BCUT2D eigenvalue weighted by molar-refractivity contribution is -0.207. The van der Waals surface area contributed by atoms with Crippen molar-refractivity contribution in [1.82, 2.24) is 29.9 Å². The number of ether oxygens (including phenoxy) is 4. The number of halogens is 16.